The third-order valence-corrected chi connectivity index (χ3v) is 4.71. The topological polar surface area (TPSA) is 76.4 Å². The summed E-state index contributed by atoms with van der Waals surface area (Å²) in [5, 5.41) is 10.1. The monoisotopic (exact) mass is 407 g/mol. The minimum absolute atomic E-state index is 0.0167. The lowest BCUT2D eigenvalue weighted by Crippen LogP contribution is -2.46. The smallest absolute Gasteiger partial charge is 0.331 e. The number of nitrogens with zero attached hydrogens (tertiary/aromatic N) is 1. The highest BCUT2D eigenvalue weighted by Gasteiger charge is 2.51. The van der Waals surface area contributed by atoms with Gasteiger partial charge in [0.15, 0.2) is 5.41 Å². The maximum atomic E-state index is 13.1. The molecule has 2 rings (SSSR count). The molecule has 1 saturated heterocycles. The molecule has 1 aliphatic heterocycles. The molecule has 1 aromatic rings. The van der Waals surface area contributed by atoms with Crippen LogP contribution in [0.5, 0.6) is 0 Å². The van der Waals surface area contributed by atoms with E-state index in [1.807, 2.05) is 0 Å². The Balaban J connectivity index is 2.55. The van der Waals surface area contributed by atoms with Gasteiger partial charge >= 0.3 is 11.9 Å². The van der Waals surface area contributed by atoms with Gasteiger partial charge in [-0.2, -0.15) is 5.26 Å². The number of hydrogen-bond acceptors (Lipinski definition) is 5. The Bertz CT molecular complexity index is 687. The van der Waals surface area contributed by atoms with Gasteiger partial charge in [0.2, 0.25) is 0 Å². The summed E-state index contributed by atoms with van der Waals surface area (Å²) in [5.41, 5.74) is -1.75. The molecule has 0 radical (unpaired) electrons. The standard InChI is InChI=1S/C19H22BrNO4/c1-18(2,3)25-17(23)19(12-21,13-6-8-15(20)9-7-13)14-5-4-10-24-16(22)11-14/h6-9,14H,4-5,10-11H2,1-3H3/t14-,19+/m1/s1. The lowest BCUT2D eigenvalue weighted by atomic mass is 9.68. The van der Waals surface area contributed by atoms with E-state index in [1.165, 1.54) is 0 Å². The average molecular weight is 408 g/mol. The zero-order chi connectivity index (χ0) is 18.7. The van der Waals surface area contributed by atoms with E-state index < -0.39 is 22.9 Å². The van der Waals surface area contributed by atoms with Crippen LogP contribution in [-0.4, -0.2) is 24.1 Å². The van der Waals surface area contributed by atoms with Crippen LogP contribution in [0.25, 0.3) is 0 Å². The predicted molar refractivity (Wildman–Crippen MR) is 95.6 cm³/mol. The first-order chi connectivity index (χ1) is 11.7. The van der Waals surface area contributed by atoms with E-state index in [9.17, 15) is 14.9 Å². The molecule has 0 unspecified atom stereocenters. The summed E-state index contributed by atoms with van der Waals surface area (Å²) >= 11 is 3.36. The number of carbonyl (C=O) groups excluding carboxylic acids is 2. The SMILES string of the molecule is CC(C)(C)OC(=O)[C@@](C#N)(c1ccc(Br)cc1)[C@@H]1CCCOC(=O)C1. The normalized spacial score (nSPS) is 20.6. The molecular formula is C19H22BrNO4. The average Bonchev–Trinajstić information content (AvgIpc) is 2.73. The number of benzene rings is 1. The number of carbonyl (C=O) groups is 2. The van der Waals surface area contributed by atoms with Crippen LogP contribution < -0.4 is 0 Å². The van der Waals surface area contributed by atoms with Crippen molar-refractivity contribution in [3.8, 4) is 6.07 Å². The summed E-state index contributed by atoms with van der Waals surface area (Å²) in [6.07, 6.45) is 1.16. The summed E-state index contributed by atoms with van der Waals surface area (Å²) in [6.45, 7) is 5.59. The molecule has 0 bridgehead atoms. The van der Waals surface area contributed by atoms with Gasteiger partial charge in [0.05, 0.1) is 19.1 Å². The summed E-state index contributed by atoms with van der Waals surface area (Å²) in [4.78, 5) is 25.1. The zero-order valence-electron chi connectivity index (χ0n) is 14.7. The molecule has 0 saturated carbocycles. The van der Waals surface area contributed by atoms with E-state index in [2.05, 4.69) is 22.0 Å². The van der Waals surface area contributed by atoms with Crippen molar-refractivity contribution in [1.29, 1.82) is 5.26 Å². The van der Waals surface area contributed by atoms with Crippen molar-refractivity contribution in [2.24, 2.45) is 5.92 Å². The number of rotatable bonds is 3. The molecule has 1 heterocycles. The number of esters is 2. The van der Waals surface area contributed by atoms with Gasteiger partial charge < -0.3 is 9.47 Å². The molecule has 1 aliphatic rings. The van der Waals surface area contributed by atoms with Crippen molar-refractivity contribution in [2.45, 2.75) is 51.0 Å². The van der Waals surface area contributed by atoms with Crippen molar-refractivity contribution in [1.82, 2.24) is 0 Å². The van der Waals surface area contributed by atoms with Crippen LogP contribution in [0, 0.1) is 17.2 Å². The minimum atomic E-state index is -1.54. The largest absolute Gasteiger partial charge is 0.466 e. The van der Waals surface area contributed by atoms with E-state index in [0.717, 1.165) is 4.47 Å². The van der Waals surface area contributed by atoms with Gasteiger partial charge in [0, 0.05) is 10.4 Å². The van der Waals surface area contributed by atoms with Crippen LogP contribution in [0.2, 0.25) is 0 Å². The first-order valence-corrected chi connectivity index (χ1v) is 9.04. The van der Waals surface area contributed by atoms with Gasteiger partial charge in [-0.15, -0.1) is 0 Å². The van der Waals surface area contributed by atoms with Crippen LogP contribution in [0.15, 0.2) is 28.7 Å². The number of ether oxygens (including phenoxy) is 2. The van der Waals surface area contributed by atoms with Crippen molar-refractivity contribution < 1.29 is 19.1 Å². The Kier molecular flexibility index (Phi) is 5.89. The van der Waals surface area contributed by atoms with Crippen molar-refractivity contribution in [3.05, 3.63) is 34.3 Å². The molecule has 1 fully saturated rings. The molecular weight excluding hydrogens is 386 g/mol. The third kappa shape index (κ3) is 4.40. The molecule has 0 aliphatic carbocycles. The molecule has 25 heavy (non-hydrogen) atoms. The van der Waals surface area contributed by atoms with Gasteiger partial charge in [0.1, 0.15) is 5.60 Å². The molecule has 134 valence electrons. The van der Waals surface area contributed by atoms with E-state index in [-0.39, 0.29) is 12.4 Å². The summed E-state index contributed by atoms with van der Waals surface area (Å²) in [5.74, 6) is -1.50. The molecule has 0 amide bonds. The number of nitriles is 1. The molecule has 0 aromatic heterocycles. The fraction of sp³-hybridized carbons (Fsp3) is 0.526. The summed E-state index contributed by atoms with van der Waals surface area (Å²) in [7, 11) is 0. The molecule has 5 nitrogen and oxygen atoms in total. The molecule has 6 heteroatoms. The van der Waals surface area contributed by atoms with Gasteiger partial charge in [-0.05, 0) is 51.3 Å². The highest BCUT2D eigenvalue weighted by molar-refractivity contribution is 9.10. The summed E-state index contributed by atoms with van der Waals surface area (Å²) in [6, 6.07) is 9.21. The number of cyclic esters (lactones) is 1. The maximum absolute atomic E-state index is 13.1. The quantitative estimate of drug-likeness (QED) is 0.710. The van der Waals surface area contributed by atoms with Gasteiger partial charge in [0.25, 0.3) is 0 Å². The van der Waals surface area contributed by atoms with E-state index in [0.29, 0.717) is 25.0 Å². The molecule has 1 aromatic carbocycles. The van der Waals surface area contributed by atoms with Crippen LogP contribution in [0.3, 0.4) is 0 Å². The third-order valence-electron chi connectivity index (χ3n) is 4.18. The number of hydrogen-bond donors (Lipinski definition) is 0. The molecule has 0 spiro atoms. The molecule has 2 atom stereocenters. The Morgan fingerprint density at radius 3 is 2.52 bits per heavy atom. The second-order valence-corrected chi connectivity index (χ2v) is 8.11. The Labute approximate surface area is 156 Å². The molecule has 0 N–H and O–H groups in total. The van der Waals surface area contributed by atoms with Gasteiger partial charge in [-0.3, -0.25) is 4.79 Å². The van der Waals surface area contributed by atoms with E-state index >= 15 is 0 Å². The van der Waals surface area contributed by atoms with Crippen molar-refractivity contribution in [3.63, 3.8) is 0 Å². The lowest BCUT2D eigenvalue weighted by Gasteiger charge is -2.34. The van der Waals surface area contributed by atoms with Crippen LogP contribution in [0.4, 0.5) is 0 Å². The van der Waals surface area contributed by atoms with Crippen LogP contribution in [-0.2, 0) is 24.5 Å². The van der Waals surface area contributed by atoms with Gasteiger partial charge in [-0.1, -0.05) is 28.1 Å². The minimum Gasteiger partial charge on any atom is -0.466 e. The van der Waals surface area contributed by atoms with Gasteiger partial charge in [-0.25, -0.2) is 4.79 Å². The maximum Gasteiger partial charge on any atom is 0.331 e. The lowest BCUT2D eigenvalue weighted by molar-refractivity contribution is -0.162. The highest BCUT2D eigenvalue weighted by Crippen LogP contribution is 2.41. The fourth-order valence-corrected chi connectivity index (χ4v) is 3.30. The number of halogens is 1. The Morgan fingerprint density at radius 1 is 1.32 bits per heavy atom. The highest BCUT2D eigenvalue weighted by atomic mass is 79.9. The van der Waals surface area contributed by atoms with Crippen LogP contribution in [0.1, 0.15) is 45.6 Å². The first kappa shape index (κ1) is 19.5. The fourth-order valence-electron chi connectivity index (χ4n) is 3.04. The Morgan fingerprint density at radius 2 is 1.96 bits per heavy atom. The summed E-state index contributed by atoms with van der Waals surface area (Å²) < 4.78 is 11.5. The van der Waals surface area contributed by atoms with Crippen molar-refractivity contribution in [2.75, 3.05) is 6.61 Å². The predicted octanol–water partition coefficient (Wildman–Crippen LogP) is 3.90. The first-order valence-electron chi connectivity index (χ1n) is 8.25. The second-order valence-electron chi connectivity index (χ2n) is 7.19. The second kappa shape index (κ2) is 7.57. The Hall–Kier alpha value is -1.87. The van der Waals surface area contributed by atoms with E-state index in [1.54, 1.807) is 45.0 Å². The van der Waals surface area contributed by atoms with Crippen molar-refractivity contribution >= 4 is 27.9 Å². The van der Waals surface area contributed by atoms with Crippen LogP contribution >= 0.6 is 15.9 Å². The zero-order valence-corrected chi connectivity index (χ0v) is 16.3. The van der Waals surface area contributed by atoms with E-state index in [4.69, 9.17) is 9.47 Å².